The molecule has 1 atom stereocenters. The number of aromatic amines is 1. The van der Waals surface area contributed by atoms with Gasteiger partial charge in [-0.3, -0.25) is 4.57 Å². The zero-order chi connectivity index (χ0) is 22.8. The molecule has 4 aromatic rings. The van der Waals surface area contributed by atoms with Crippen LogP contribution in [0, 0.1) is 5.82 Å². The zero-order valence-electron chi connectivity index (χ0n) is 18.1. The quantitative estimate of drug-likeness (QED) is 0.311. The van der Waals surface area contributed by atoms with Gasteiger partial charge in [0.05, 0.1) is 25.3 Å². The molecule has 1 fully saturated rings. The summed E-state index contributed by atoms with van der Waals surface area (Å²) in [6, 6.07) is 12.2. The number of esters is 1. The number of nitrogens with one attached hydrogen (secondary N) is 1. The summed E-state index contributed by atoms with van der Waals surface area (Å²) in [6.45, 7) is 1.40. The number of aromatic nitrogens is 4. The molecule has 0 aliphatic carbocycles. The van der Waals surface area contributed by atoms with Crippen LogP contribution in [-0.4, -0.2) is 45.5 Å². The molecule has 5 rings (SSSR count). The summed E-state index contributed by atoms with van der Waals surface area (Å²) in [5.74, 6) is 0.137. The molecule has 1 N–H and O–H groups in total. The second-order valence-electron chi connectivity index (χ2n) is 7.88. The number of fused-ring (bicyclic) bond motifs is 1. The van der Waals surface area contributed by atoms with Crippen molar-refractivity contribution in [1.82, 2.24) is 19.7 Å². The number of halogens is 1. The van der Waals surface area contributed by atoms with Gasteiger partial charge in [-0.2, -0.15) is 0 Å². The van der Waals surface area contributed by atoms with Crippen molar-refractivity contribution < 1.29 is 18.7 Å². The normalized spacial score (nSPS) is 15.9. The SMILES string of the molecule is COC(=O)c1cc(F)ccc1CSc1nnc(-c2c[nH]c3ccccc23)n1CC1CCCO1. The standard InChI is InChI=1S/C24H23FN4O3S/c1-31-23(30)19-11-16(25)9-8-15(19)14-33-24-28-27-22(29(24)13-17-5-4-10-32-17)20-12-26-21-7-3-2-6-18(20)21/h2-3,6-9,11-12,17,26H,4-5,10,13-14H2,1H3. The van der Waals surface area contributed by atoms with Crippen molar-refractivity contribution in [2.45, 2.75) is 36.4 Å². The van der Waals surface area contributed by atoms with E-state index in [0.717, 1.165) is 41.7 Å². The van der Waals surface area contributed by atoms with Crippen LogP contribution in [0.5, 0.6) is 0 Å². The van der Waals surface area contributed by atoms with Gasteiger partial charge in [-0.05, 0) is 36.6 Å². The van der Waals surface area contributed by atoms with Gasteiger partial charge >= 0.3 is 5.97 Å². The van der Waals surface area contributed by atoms with Crippen LogP contribution in [0.1, 0.15) is 28.8 Å². The van der Waals surface area contributed by atoms with E-state index in [1.54, 1.807) is 6.07 Å². The number of thioether (sulfide) groups is 1. The maximum Gasteiger partial charge on any atom is 0.338 e. The summed E-state index contributed by atoms with van der Waals surface area (Å²) in [7, 11) is 1.29. The molecule has 1 aliphatic rings. The van der Waals surface area contributed by atoms with Crippen molar-refractivity contribution in [3.05, 3.63) is 65.6 Å². The first kappa shape index (κ1) is 21.7. The second kappa shape index (κ2) is 9.36. The molecule has 1 unspecified atom stereocenters. The number of H-pyrrole nitrogens is 1. The Balaban J connectivity index is 1.49. The lowest BCUT2D eigenvalue weighted by Crippen LogP contribution is -2.16. The Morgan fingerprint density at radius 1 is 1.30 bits per heavy atom. The van der Waals surface area contributed by atoms with E-state index in [1.807, 2.05) is 24.4 Å². The predicted octanol–water partition coefficient (Wildman–Crippen LogP) is 4.82. The second-order valence-corrected chi connectivity index (χ2v) is 8.82. The number of benzene rings is 2. The minimum atomic E-state index is -0.564. The Labute approximate surface area is 194 Å². The van der Waals surface area contributed by atoms with Gasteiger partial charge in [-0.1, -0.05) is 36.0 Å². The van der Waals surface area contributed by atoms with Crippen molar-refractivity contribution in [1.29, 1.82) is 0 Å². The van der Waals surface area contributed by atoms with E-state index in [-0.39, 0.29) is 11.7 Å². The molecule has 33 heavy (non-hydrogen) atoms. The van der Waals surface area contributed by atoms with E-state index < -0.39 is 11.8 Å². The van der Waals surface area contributed by atoms with Crippen LogP contribution in [0.3, 0.4) is 0 Å². The number of ether oxygens (including phenoxy) is 2. The molecular formula is C24H23FN4O3S. The number of hydrogen-bond donors (Lipinski definition) is 1. The zero-order valence-corrected chi connectivity index (χ0v) is 18.9. The molecule has 0 amide bonds. The Hall–Kier alpha value is -3.17. The van der Waals surface area contributed by atoms with Gasteiger partial charge in [0.15, 0.2) is 11.0 Å². The third-order valence-electron chi connectivity index (χ3n) is 5.79. The Morgan fingerprint density at radius 3 is 3.00 bits per heavy atom. The largest absolute Gasteiger partial charge is 0.465 e. The summed E-state index contributed by atoms with van der Waals surface area (Å²) in [6.07, 6.45) is 4.07. The molecule has 170 valence electrons. The van der Waals surface area contributed by atoms with Gasteiger partial charge in [0.1, 0.15) is 5.82 Å². The topological polar surface area (TPSA) is 82.0 Å². The van der Waals surface area contributed by atoms with Crippen LogP contribution in [0.15, 0.2) is 53.8 Å². The Bertz CT molecular complexity index is 1300. The van der Waals surface area contributed by atoms with E-state index in [9.17, 15) is 9.18 Å². The van der Waals surface area contributed by atoms with Gasteiger partial charge in [0, 0.05) is 35.0 Å². The number of nitrogens with zero attached hydrogens (tertiary/aromatic N) is 3. The van der Waals surface area contributed by atoms with E-state index in [2.05, 4.69) is 25.8 Å². The van der Waals surface area contributed by atoms with Crippen molar-refractivity contribution in [3.8, 4) is 11.4 Å². The summed E-state index contributed by atoms with van der Waals surface area (Å²) < 4.78 is 26.5. The highest BCUT2D eigenvalue weighted by molar-refractivity contribution is 7.98. The molecule has 0 saturated carbocycles. The maximum absolute atomic E-state index is 13.7. The average Bonchev–Trinajstić information content (AvgIpc) is 3.58. The number of para-hydroxylation sites is 1. The molecule has 1 saturated heterocycles. The van der Waals surface area contributed by atoms with Crippen molar-refractivity contribution in [2.24, 2.45) is 0 Å². The highest BCUT2D eigenvalue weighted by Crippen LogP contribution is 2.32. The van der Waals surface area contributed by atoms with Gasteiger partial charge in [-0.15, -0.1) is 10.2 Å². The molecule has 3 heterocycles. The van der Waals surface area contributed by atoms with Crippen molar-refractivity contribution in [3.63, 3.8) is 0 Å². The molecular weight excluding hydrogens is 443 g/mol. The maximum atomic E-state index is 13.7. The highest BCUT2D eigenvalue weighted by atomic mass is 32.2. The monoisotopic (exact) mass is 466 g/mol. The first-order chi connectivity index (χ1) is 16.1. The Morgan fingerprint density at radius 2 is 2.18 bits per heavy atom. The van der Waals surface area contributed by atoms with Gasteiger partial charge in [0.25, 0.3) is 0 Å². The van der Waals surface area contributed by atoms with Gasteiger partial charge < -0.3 is 14.5 Å². The fraction of sp³-hybridized carbons (Fsp3) is 0.292. The summed E-state index contributed by atoms with van der Waals surface area (Å²) in [4.78, 5) is 15.4. The number of rotatable bonds is 7. The fourth-order valence-electron chi connectivity index (χ4n) is 4.12. The molecule has 7 nitrogen and oxygen atoms in total. The highest BCUT2D eigenvalue weighted by Gasteiger charge is 2.23. The molecule has 0 bridgehead atoms. The molecule has 2 aromatic carbocycles. The Kier molecular flexibility index (Phi) is 6.15. The minimum Gasteiger partial charge on any atom is -0.465 e. The first-order valence-electron chi connectivity index (χ1n) is 10.7. The molecule has 2 aromatic heterocycles. The lowest BCUT2D eigenvalue weighted by Gasteiger charge is -2.15. The number of carbonyl (C=O) groups is 1. The lowest BCUT2D eigenvalue weighted by atomic mass is 10.1. The van der Waals surface area contributed by atoms with E-state index in [1.165, 1.54) is 31.0 Å². The van der Waals surface area contributed by atoms with Gasteiger partial charge in [-0.25, -0.2) is 9.18 Å². The molecule has 1 aliphatic heterocycles. The van der Waals surface area contributed by atoms with Crippen LogP contribution in [0.25, 0.3) is 22.3 Å². The van der Waals surface area contributed by atoms with E-state index in [4.69, 9.17) is 9.47 Å². The third kappa shape index (κ3) is 4.38. The average molecular weight is 467 g/mol. The summed E-state index contributed by atoms with van der Waals surface area (Å²) in [5, 5.41) is 10.8. The number of methoxy groups -OCH3 is 1. The molecule has 0 radical (unpaired) electrons. The minimum absolute atomic E-state index is 0.0979. The van der Waals surface area contributed by atoms with Crippen LogP contribution in [-0.2, 0) is 21.8 Å². The fourth-order valence-corrected chi connectivity index (χ4v) is 5.08. The predicted molar refractivity (Wildman–Crippen MR) is 124 cm³/mol. The summed E-state index contributed by atoms with van der Waals surface area (Å²) >= 11 is 1.45. The third-order valence-corrected chi connectivity index (χ3v) is 6.81. The first-order valence-corrected chi connectivity index (χ1v) is 11.7. The summed E-state index contributed by atoms with van der Waals surface area (Å²) in [5.41, 5.74) is 2.89. The van der Waals surface area contributed by atoms with Crippen LogP contribution >= 0.6 is 11.8 Å². The van der Waals surface area contributed by atoms with E-state index >= 15 is 0 Å². The lowest BCUT2D eigenvalue weighted by molar-refractivity contribution is 0.0599. The van der Waals surface area contributed by atoms with Crippen LogP contribution in [0.4, 0.5) is 4.39 Å². The molecule has 9 heteroatoms. The smallest absolute Gasteiger partial charge is 0.338 e. The van der Waals surface area contributed by atoms with Crippen molar-refractivity contribution >= 4 is 28.6 Å². The van der Waals surface area contributed by atoms with Crippen LogP contribution < -0.4 is 0 Å². The van der Waals surface area contributed by atoms with Gasteiger partial charge in [0.2, 0.25) is 0 Å². The number of carbonyl (C=O) groups excluding carboxylic acids is 1. The van der Waals surface area contributed by atoms with E-state index in [0.29, 0.717) is 23.0 Å². The number of hydrogen-bond acceptors (Lipinski definition) is 6. The van der Waals surface area contributed by atoms with Crippen LogP contribution in [0.2, 0.25) is 0 Å². The molecule has 0 spiro atoms. The van der Waals surface area contributed by atoms with Crippen molar-refractivity contribution in [2.75, 3.05) is 13.7 Å².